The third-order valence-electron chi connectivity index (χ3n) is 4.32. The van der Waals surface area contributed by atoms with Gasteiger partial charge in [-0.15, -0.1) is 11.3 Å². The molecular weight excluding hydrogens is 286 g/mol. The molecule has 0 amide bonds. The number of thioether (sulfide) groups is 1. The van der Waals surface area contributed by atoms with Crippen molar-refractivity contribution in [3.8, 4) is 0 Å². The molecule has 0 aliphatic heterocycles. The first-order valence-electron chi connectivity index (χ1n) is 7.02. The van der Waals surface area contributed by atoms with Crippen molar-refractivity contribution in [1.29, 1.82) is 0 Å². The molecule has 0 saturated carbocycles. The van der Waals surface area contributed by atoms with Gasteiger partial charge in [-0.05, 0) is 42.4 Å². The Labute approximate surface area is 128 Å². The lowest BCUT2D eigenvalue weighted by Gasteiger charge is -2.33. The first-order chi connectivity index (χ1) is 9.40. The molecule has 1 aliphatic carbocycles. The molecule has 2 heterocycles. The Balaban J connectivity index is 2.09. The van der Waals surface area contributed by atoms with E-state index in [1.165, 1.54) is 16.9 Å². The maximum Gasteiger partial charge on any atom is 0.190 e. The second-order valence-electron chi connectivity index (χ2n) is 6.59. The van der Waals surface area contributed by atoms with Crippen LogP contribution in [0.25, 0.3) is 10.2 Å². The van der Waals surface area contributed by atoms with Gasteiger partial charge < -0.3 is 5.73 Å². The predicted octanol–water partition coefficient (Wildman–Crippen LogP) is 4.15. The van der Waals surface area contributed by atoms with Crippen LogP contribution >= 0.6 is 23.1 Å². The van der Waals surface area contributed by atoms with Gasteiger partial charge in [0.2, 0.25) is 0 Å². The van der Waals surface area contributed by atoms with E-state index in [-0.39, 0.29) is 0 Å². The van der Waals surface area contributed by atoms with Crippen molar-refractivity contribution in [2.75, 3.05) is 12.0 Å². The molecule has 0 aromatic carbocycles. The van der Waals surface area contributed by atoms with E-state index in [1.807, 2.05) is 17.6 Å². The number of anilines is 1. The highest BCUT2D eigenvalue weighted by atomic mass is 32.2. The molecule has 1 aliphatic rings. The maximum absolute atomic E-state index is 6.16. The number of nitrogen functional groups attached to an aromatic ring is 1. The maximum atomic E-state index is 6.16. The van der Waals surface area contributed by atoms with Crippen LogP contribution in [0.1, 0.15) is 37.6 Å². The van der Waals surface area contributed by atoms with E-state index < -0.39 is 0 Å². The Kier molecular flexibility index (Phi) is 3.45. The molecule has 0 fully saturated rings. The number of nitrogens with zero attached hydrogens (tertiary/aromatic N) is 2. The lowest BCUT2D eigenvalue weighted by Crippen LogP contribution is -2.26. The SMILES string of the molecule is CSc1nc(N)c2c3c(sc2n1)C[C@H](C(C)(C)C)CC3. The van der Waals surface area contributed by atoms with Crippen LogP contribution in [0.5, 0.6) is 0 Å². The van der Waals surface area contributed by atoms with Crippen molar-refractivity contribution >= 4 is 39.1 Å². The van der Waals surface area contributed by atoms with Gasteiger partial charge in [0.05, 0.1) is 5.39 Å². The van der Waals surface area contributed by atoms with E-state index in [4.69, 9.17) is 5.73 Å². The van der Waals surface area contributed by atoms with Gasteiger partial charge >= 0.3 is 0 Å². The summed E-state index contributed by atoms with van der Waals surface area (Å²) in [4.78, 5) is 11.6. The summed E-state index contributed by atoms with van der Waals surface area (Å²) in [7, 11) is 0. The topological polar surface area (TPSA) is 51.8 Å². The largest absolute Gasteiger partial charge is 0.383 e. The average Bonchev–Trinajstić information content (AvgIpc) is 2.74. The van der Waals surface area contributed by atoms with Gasteiger partial charge in [-0.3, -0.25) is 0 Å². The average molecular weight is 307 g/mol. The summed E-state index contributed by atoms with van der Waals surface area (Å²) in [5.74, 6) is 1.41. The second kappa shape index (κ2) is 4.88. The molecule has 0 saturated heterocycles. The number of fused-ring (bicyclic) bond motifs is 3. The van der Waals surface area contributed by atoms with Gasteiger partial charge in [0.1, 0.15) is 10.6 Å². The standard InChI is InChI=1S/C15H21N3S2/c1-15(2,3)8-5-6-9-10(7-8)20-13-11(9)12(16)17-14(18-13)19-4/h8H,5-7H2,1-4H3,(H2,16,17,18)/t8-/m1/s1. The molecule has 0 spiro atoms. The van der Waals surface area contributed by atoms with E-state index in [0.29, 0.717) is 11.2 Å². The highest BCUT2D eigenvalue weighted by Crippen LogP contribution is 2.44. The van der Waals surface area contributed by atoms with Crippen LogP contribution in [0.4, 0.5) is 5.82 Å². The molecule has 2 aromatic rings. The summed E-state index contributed by atoms with van der Waals surface area (Å²) in [6, 6.07) is 0. The molecule has 0 unspecified atom stereocenters. The molecular formula is C15H21N3S2. The smallest absolute Gasteiger partial charge is 0.190 e. The third kappa shape index (κ3) is 2.31. The van der Waals surface area contributed by atoms with Crippen LogP contribution in [-0.2, 0) is 12.8 Å². The molecule has 3 nitrogen and oxygen atoms in total. The van der Waals surface area contributed by atoms with Gasteiger partial charge in [-0.1, -0.05) is 32.5 Å². The molecule has 2 N–H and O–H groups in total. The second-order valence-corrected chi connectivity index (χ2v) is 8.44. The zero-order chi connectivity index (χ0) is 14.5. The van der Waals surface area contributed by atoms with E-state index in [9.17, 15) is 0 Å². The number of thiophene rings is 1. The lowest BCUT2D eigenvalue weighted by molar-refractivity contribution is 0.218. The Morgan fingerprint density at radius 2 is 2.05 bits per heavy atom. The van der Waals surface area contributed by atoms with Crippen molar-refractivity contribution < 1.29 is 0 Å². The van der Waals surface area contributed by atoms with Gasteiger partial charge in [0.25, 0.3) is 0 Å². The summed E-state index contributed by atoms with van der Waals surface area (Å²) in [5.41, 5.74) is 7.95. The number of nitrogens with two attached hydrogens (primary N) is 1. The first kappa shape index (κ1) is 14.1. The molecule has 20 heavy (non-hydrogen) atoms. The number of aromatic nitrogens is 2. The van der Waals surface area contributed by atoms with Crippen molar-refractivity contribution in [3.63, 3.8) is 0 Å². The molecule has 1 atom stereocenters. The van der Waals surface area contributed by atoms with Crippen LogP contribution in [0.2, 0.25) is 0 Å². The van der Waals surface area contributed by atoms with Crippen LogP contribution in [-0.4, -0.2) is 16.2 Å². The van der Waals surface area contributed by atoms with Crippen LogP contribution in [0, 0.1) is 11.3 Å². The van der Waals surface area contributed by atoms with Crippen molar-refractivity contribution in [3.05, 3.63) is 10.4 Å². The summed E-state index contributed by atoms with van der Waals surface area (Å²) in [6.45, 7) is 7.03. The Morgan fingerprint density at radius 3 is 2.70 bits per heavy atom. The molecule has 0 radical (unpaired) electrons. The fraction of sp³-hybridized carbons (Fsp3) is 0.600. The highest BCUT2D eigenvalue weighted by molar-refractivity contribution is 7.98. The number of rotatable bonds is 1. The molecule has 0 bridgehead atoms. The van der Waals surface area contributed by atoms with Crippen molar-refractivity contribution in [1.82, 2.24) is 9.97 Å². The van der Waals surface area contributed by atoms with Crippen LogP contribution in [0.15, 0.2) is 5.16 Å². The first-order valence-corrected chi connectivity index (χ1v) is 9.06. The summed E-state index contributed by atoms with van der Waals surface area (Å²) in [5, 5.41) is 1.90. The zero-order valence-corrected chi connectivity index (χ0v) is 14.1. The van der Waals surface area contributed by atoms with E-state index in [2.05, 4.69) is 30.7 Å². The van der Waals surface area contributed by atoms with Crippen LogP contribution in [0.3, 0.4) is 0 Å². The minimum absolute atomic E-state index is 0.371. The fourth-order valence-corrected chi connectivity index (χ4v) is 4.75. The molecule has 3 rings (SSSR count). The Hall–Kier alpha value is -0.810. The predicted molar refractivity (Wildman–Crippen MR) is 88.6 cm³/mol. The quantitative estimate of drug-likeness (QED) is 0.635. The summed E-state index contributed by atoms with van der Waals surface area (Å²) < 4.78 is 0. The minimum Gasteiger partial charge on any atom is -0.383 e. The van der Waals surface area contributed by atoms with Crippen molar-refractivity contribution in [2.24, 2.45) is 11.3 Å². The van der Waals surface area contributed by atoms with E-state index in [1.54, 1.807) is 11.8 Å². The summed E-state index contributed by atoms with van der Waals surface area (Å²) in [6.07, 6.45) is 5.51. The summed E-state index contributed by atoms with van der Waals surface area (Å²) >= 11 is 3.37. The number of hydrogen-bond acceptors (Lipinski definition) is 5. The Bertz CT molecular complexity index is 655. The van der Waals surface area contributed by atoms with Gasteiger partial charge in [0.15, 0.2) is 5.16 Å². The van der Waals surface area contributed by atoms with Gasteiger partial charge in [-0.2, -0.15) is 0 Å². The van der Waals surface area contributed by atoms with E-state index in [0.717, 1.165) is 34.1 Å². The van der Waals surface area contributed by atoms with Gasteiger partial charge in [-0.25, -0.2) is 9.97 Å². The normalized spacial score (nSPS) is 19.3. The van der Waals surface area contributed by atoms with Crippen molar-refractivity contribution in [2.45, 2.75) is 45.2 Å². The molecule has 108 valence electrons. The fourth-order valence-electron chi connectivity index (χ4n) is 3.02. The zero-order valence-electron chi connectivity index (χ0n) is 12.5. The number of hydrogen-bond donors (Lipinski definition) is 1. The number of aryl methyl sites for hydroxylation is 1. The minimum atomic E-state index is 0.371. The third-order valence-corrected chi connectivity index (χ3v) is 6.02. The highest BCUT2D eigenvalue weighted by Gasteiger charge is 2.31. The Morgan fingerprint density at radius 1 is 1.30 bits per heavy atom. The molecule has 2 aromatic heterocycles. The monoisotopic (exact) mass is 307 g/mol. The lowest BCUT2D eigenvalue weighted by atomic mass is 9.72. The molecule has 5 heteroatoms. The van der Waals surface area contributed by atoms with E-state index >= 15 is 0 Å². The van der Waals surface area contributed by atoms with Gasteiger partial charge in [0, 0.05) is 4.88 Å². The van der Waals surface area contributed by atoms with Crippen LogP contribution < -0.4 is 5.73 Å².